The third-order valence-electron chi connectivity index (χ3n) is 4.10. The molecule has 2 heterocycles. The molecule has 0 radical (unpaired) electrons. The number of benzene rings is 2. The molecule has 0 spiro atoms. The summed E-state index contributed by atoms with van der Waals surface area (Å²) in [6, 6.07) is 18.5. The minimum atomic E-state index is 0.382. The Hall–Kier alpha value is -2.68. The number of rotatable bonds is 3. The van der Waals surface area contributed by atoms with Crippen molar-refractivity contribution in [1.82, 2.24) is 9.97 Å². The average Bonchev–Trinajstić information content (AvgIpc) is 2.95. The molecule has 0 bridgehead atoms. The summed E-state index contributed by atoms with van der Waals surface area (Å²) >= 11 is 0. The van der Waals surface area contributed by atoms with Crippen molar-refractivity contribution in [3.05, 3.63) is 72.2 Å². The van der Waals surface area contributed by atoms with Crippen molar-refractivity contribution >= 4 is 22.1 Å². The van der Waals surface area contributed by atoms with Gasteiger partial charge >= 0.3 is 0 Å². The molecular formula is C19H16N2O. The maximum absolute atomic E-state index is 6.00. The second-order valence-electron chi connectivity index (χ2n) is 5.61. The number of furan rings is 1. The Morgan fingerprint density at radius 1 is 0.955 bits per heavy atom. The second-order valence-corrected chi connectivity index (χ2v) is 5.61. The van der Waals surface area contributed by atoms with E-state index in [0.717, 1.165) is 34.2 Å². The molecule has 1 unspecified atom stereocenters. The van der Waals surface area contributed by atoms with Crippen LogP contribution in [0.2, 0.25) is 0 Å². The highest BCUT2D eigenvalue weighted by Gasteiger charge is 2.15. The zero-order valence-corrected chi connectivity index (χ0v) is 12.4. The maximum atomic E-state index is 6.00. The Kier molecular flexibility index (Phi) is 3.11. The van der Waals surface area contributed by atoms with Crippen LogP contribution in [-0.4, -0.2) is 9.97 Å². The molecule has 0 aliphatic carbocycles. The van der Waals surface area contributed by atoms with Crippen LogP contribution in [0.3, 0.4) is 0 Å². The van der Waals surface area contributed by atoms with Crippen molar-refractivity contribution in [3.8, 4) is 0 Å². The van der Waals surface area contributed by atoms with Crippen molar-refractivity contribution in [1.29, 1.82) is 0 Å². The normalized spacial score (nSPS) is 12.8. The van der Waals surface area contributed by atoms with E-state index in [1.54, 1.807) is 6.33 Å². The van der Waals surface area contributed by atoms with E-state index >= 15 is 0 Å². The Morgan fingerprint density at radius 2 is 1.73 bits per heavy atom. The molecule has 0 saturated carbocycles. The minimum Gasteiger partial charge on any atom is -0.452 e. The molecule has 3 heteroatoms. The predicted octanol–water partition coefficient (Wildman–Crippen LogP) is 4.72. The van der Waals surface area contributed by atoms with Crippen LogP contribution in [0.4, 0.5) is 0 Å². The molecule has 0 aliphatic rings. The van der Waals surface area contributed by atoms with Crippen LogP contribution >= 0.6 is 0 Å². The van der Waals surface area contributed by atoms with Crippen LogP contribution in [0.15, 0.2) is 65.3 Å². The zero-order chi connectivity index (χ0) is 14.9. The lowest BCUT2D eigenvalue weighted by Crippen LogP contribution is -2.01. The summed E-state index contributed by atoms with van der Waals surface area (Å²) in [6.07, 6.45) is 2.47. The first-order valence-electron chi connectivity index (χ1n) is 7.49. The number of aromatic nitrogens is 2. The highest BCUT2D eigenvalue weighted by Crippen LogP contribution is 2.30. The van der Waals surface area contributed by atoms with E-state index in [9.17, 15) is 0 Å². The highest BCUT2D eigenvalue weighted by molar-refractivity contribution is 6.02. The van der Waals surface area contributed by atoms with E-state index in [-0.39, 0.29) is 0 Å². The van der Waals surface area contributed by atoms with Crippen molar-refractivity contribution in [3.63, 3.8) is 0 Å². The van der Waals surface area contributed by atoms with Crippen LogP contribution in [-0.2, 0) is 6.42 Å². The lowest BCUT2D eigenvalue weighted by molar-refractivity contribution is 0.646. The van der Waals surface area contributed by atoms with Gasteiger partial charge in [-0.2, -0.15) is 0 Å². The number of hydrogen-bond acceptors (Lipinski definition) is 3. The van der Waals surface area contributed by atoms with Crippen LogP contribution in [0, 0.1) is 0 Å². The molecule has 3 nitrogen and oxygen atoms in total. The summed E-state index contributed by atoms with van der Waals surface area (Å²) < 4.78 is 6.00. The van der Waals surface area contributed by atoms with E-state index in [2.05, 4.69) is 41.2 Å². The maximum Gasteiger partial charge on any atom is 0.175 e. The third kappa shape index (κ3) is 2.15. The molecule has 22 heavy (non-hydrogen) atoms. The topological polar surface area (TPSA) is 38.9 Å². The van der Waals surface area contributed by atoms with Gasteiger partial charge in [0.25, 0.3) is 0 Å². The van der Waals surface area contributed by atoms with E-state index in [1.807, 2.05) is 30.3 Å². The molecule has 0 fully saturated rings. The van der Waals surface area contributed by atoms with Crippen LogP contribution in [0.1, 0.15) is 24.1 Å². The number of fused-ring (bicyclic) bond motifs is 3. The Labute approximate surface area is 128 Å². The molecule has 0 amide bonds. The van der Waals surface area contributed by atoms with Gasteiger partial charge in [0.1, 0.15) is 17.4 Å². The Morgan fingerprint density at radius 3 is 2.59 bits per heavy atom. The van der Waals surface area contributed by atoms with Gasteiger partial charge in [-0.15, -0.1) is 0 Å². The molecular weight excluding hydrogens is 272 g/mol. The molecule has 0 N–H and O–H groups in total. The van der Waals surface area contributed by atoms with Crippen molar-refractivity contribution in [2.24, 2.45) is 0 Å². The second kappa shape index (κ2) is 5.26. The Bertz CT molecular complexity index is 928. The zero-order valence-electron chi connectivity index (χ0n) is 12.4. The third-order valence-corrected chi connectivity index (χ3v) is 4.10. The largest absolute Gasteiger partial charge is 0.452 e. The summed E-state index contributed by atoms with van der Waals surface area (Å²) in [5, 5.41) is 1.05. The number of nitrogens with zero attached hydrogens (tertiary/aromatic N) is 2. The average molecular weight is 288 g/mol. The molecule has 4 aromatic rings. The van der Waals surface area contributed by atoms with Gasteiger partial charge in [0.05, 0.1) is 5.69 Å². The standard InChI is InChI=1S/C19H16N2O/c1-13(14-7-3-2-4-8-14)11-16-19-18(21-12-20-16)15-9-5-6-10-17(15)22-19/h2-10,12-13H,11H2,1H3. The lowest BCUT2D eigenvalue weighted by Gasteiger charge is -2.11. The van der Waals surface area contributed by atoms with Gasteiger partial charge in [0.15, 0.2) is 5.58 Å². The first-order valence-corrected chi connectivity index (χ1v) is 7.49. The molecule has 4 rings (SSSR count). The van der Waals surface area contributed by atoms with E-state index in [4.69, 9.17) is 4.42 Å². The van der Waals surface area contributed by atoms with Crippen LogP contribution < -0.4 is 0 Å². The lowest BCUT2D eigenvalue weighted by atomic mass is 9.96. The molecule has 1 atom stereocenters. The molecule has 0 aliphatic heterocycles. The van der Waals surface area contributed by atoms with Gasteiger partial charge in [0.2, 0.25) is 0 Å². The first-order chi connectivity index (χ1) is 10.8. The number of para-hydroxylation sites is 1. The monoisotopic (exact) mass is 288 g/mol. The first kappa shape index (κ1) is 13.0. The molecule has 2 aromatic heterocycles. The number of hydrogen-bond donors (Lipinski definition) is 0. The fourth-order valence-corrected chi connectivity index (χ4v) is 2.91. The summed E-state index contributed by atoms with van der Waals surface area (Å²) in [4.78, 5) is 8.87. The van der Waals surface area contributed by atoms with Crippen molar-refractivity contribution in [2.45, 2.75) is 19.3 Å². The van der Waals surface area contributed by atoms with Gasteiger partial charge in [0, 0.05) is 11.8 Å². The van der Waals surface area contributed by atoms with Gasteiger partial charge < -0.3 is 4.42 Å². The van der Waals surface area contributed by atoms with E-state index in [1.165, 1.54) is 5.56 Å². The molecule has 108 valence electrons. The van der Waals surface area contributed by atoms with E-state index in [0.29, 0.717) is 5.92 Å². The van der Waals surface area contributed by atoms with Crippen molar-refractivity contribution in [2.75, 3.05) is 0 Å². The summed E-state index contributed by atoms with van der Waals surface area (Å²) in [5.41, 5.74) is 4.86. The van der Waals surface area contributed by atoms with Gasteiger partial charge in [-0.25, -0.2) is 9.97 Å². The quantitative estimate of drug-likeness (QED) is 0.547. The summed E-state index contributed by atoms with van der Waals surface area (Å²) in [5.74, 6) is 0.382. The molecule has 0 saturated heterocycles. The van der Waals surface area contributed by atoms with Crippen LogP contribution in [0.25, 0.3) is 22.1 Å². The van der Waals surface area contributed by atoms with Gasteiger partial charge in [-0.1, -0.05) is 49.4 Å². The minimum absolute atomic E-state index is 0.382. The Balaban J connectivity index is 1.79. The highest BCUT2D eigenvalue weighted by atomic mass is 16.3. The summed E-state index contributed by atoms with van der Waals surface area (Å²) in [7, 11) is 0. The van der Waals surface area contributed by atoms with Gasteiger partial charge in [-0.3, -0.25) is 0 Å². The van der Waals surface area contributed by atoms with Gasteiger partial charge in [-0.05, 0) is 23.6 Å². The van der Waals surface area contributed by atoms with Crippen molar-refractivity contribution < 1.29 is 4.42 Å². The predicted molar refractivity (Wildman–Crippen MR) is 87.9 cm³/mol. The summed E-state index contributed by atoms with van der Waals surface area (Å²) in [6.45, 7) is 2.21. The fourth-order valence-electron chi connectivity index (χ4n) is 2.91. The van der Waals surface area contributed by atoms with E-state index < -0.39 is 0 Å². The smallest absolute Gasteiger partial charge is 0.175 e. The molecule has 2 aromatic carbocycles. The van der Waals surface area contributed by atoms with Crippen LogP contribution in [0.5, 0.6) is 0 Å². The fraction of sp³-hybridized carbons (Fsp3) is 0.158. The SMILES string of the molecule is CC(Cc1ncnc2c1oc1ccccc12)c1ccccc1.